The van der Waals surface area contributed by atoms with Gasteiger partial charge in [0.05, 0.1) is 11.8 Å². The van der Waals surface area contributed by atoms with E-state index in [1.165, 1.54) is 11.4 Å². The largest absolute Gasteiger partial charge is 0.376 e. The van der Waals surface area contributed by atoms with E-state index in [-0.39, 0.29) is 5.91 Å². The molecule has 1 atom stereocenters. The van der Waals surface area contributed by atoms with Crippen molar-refractivity contribution < 1.29 is 9.53 Å². The minimum atomic E-state index is 0.0950. The van der Waals surface area contributed by atoms with Gasteiger partial charge in [0.2, 0.25) is 0 Å². The number of nitrogens with zero attached hydrogens (tertiary/aromatic N) is 2. The summed E-state index contributed by atoms with van der Waals surface area (Å²) in [6.07, 6.45) is 4.65. The van der Waals surface area contributed by atoms with Crippen LogP contribution in [0, 0.1) is 13.8 Å². The number of hydrogen-bond donors (Lipinski definition) is 0. The number of benzene rings is 1. The predicted octanol–water partition coefficient (Wildman–Crippen LogP) is 4.19. The summed E-state index contributed by atoms with van der Waals surface area (Å²) in [4.78, 5) is 14.8. The summed E-state index contributed by atoms with van der Waals surface area (Å²) in [5.41, 5.74) is 6.38. The molecule has 2 aliphatic rings. The minimum Gasteiger partial charge on any atom is -0.376 e. The van der Waals surface area contributed by atoms with Crippen molar-refractivity contribution in [2.24, 2.45) is 0 Å². The van der Waals surface area contributed by atoms with Gasteiger partial charge in [-0.05, 0) is 57.4 Å². The molecule has 26 heavy (non-hydrogen) atoms. The molecule has 1 fully saturated rings. The van der Waals surface area contributed by atoms with Crippen LogP contribution in [0.15, 0.2) is 30.3 Å². The number of carbonyl (C=O) groups is 1. The lowest BCUT2D eigenvalue weighted by Gasteiger charge is -2.14. The van der Waals surface area contributed by atoms with Gasteiger partial charge in [0, 0.05) is 42.2 Å². The van der Waals surface area contributed by atoms with Crippen LogP contribution in [-0.2, 0) is 16.1 Å². The number of hydrogen-bond acceptors (Lipinski definition) is 2. The Labute approximate surface area is 155 Å². The van der Waals surface area contributed by atoms with Gasteiger partial charge < -0.3 is 14.2 Å². The standard InChI is InChI=1S/C22H26N2O2/c1-4-23-21-10-6-5-9-19(21)20(22(23)25)13-17-12-15(2)24(16(17)3)14-18-8-7-11-26-18/h5-6,9-10,12-13,18H,4,7-8,11,14H2,1-3H3/b20-13+/t18-/m0/s1. The van der Waals surface area contributed by atoms with Gasteiger partial charge in [-0.15, -0.1) is 0 Å². The third-order valence-corrected chi connectivity index (χ3v) is 5.60. The van der Waals surface area contributed by atoms with Gasteiger partial charge in [-0.25, -0.2) is 0 Å². The SMILES string of the molecule is CCN1C(=O)/C(=C/c2cc(C)n(C[C@@H]3CCCO3)c2C)c2ccccc21. The molecule has 136 valence electrons. The van der Waals surface area contributed by atoms with Crippen molar-refractivity contribution in [2.75, 3.05) is 18.1 Å². The number of amides is 1. The Bertz CT molecular complexity index is 872. The highest BCUT2D eigenvalue weighted by atomic mass is 16.5. The Morgan fingerprint density at radius 3 is 2.81 bits per heavy atom. The van der Waals surface area contributed by atoms with E-state index in [0.717, 1.165) is 48.4 Å². The van der Waals surface area contributed by atoms with Crippen molar-refractivity contribution >= 4 is 23.2 Å². The number of para-hydroxylation sites is 1. The highest BCUT2D eigenvalue weighted by Gasteiger charge is 2.31. The second-order valence-corrected chi connectivity index (χ2v) is 7.20. The van der Waals surface area contributed by atoms with Gasteiger partial charge in [0.15, 0.2) is 0 Å². The first-order chi connectivity index (χ1) is 12.6. The van der Waals surface area contributed by atoms with E-state index in [4.69, 9.17) is 4.74 Å². The highest BCUT2D eigenvalue weighted by Crippen LogP contribution is 2.38. The third kappa shape index (κ3) is 2.78. The van der Waals surface area contributed by atoms with E-state index >= 15 is 0 Å². The molecular formula is C22H26N2O2. The fourth-order valence-electron chi connectivity index (χ4n) is 4.16. The average molecular weight is 350 g/mol. The minimum absolute atomic E-state index is 0.0950. The molecule has 0 N–H and O–H groups in total. The van der Waals surface area contributed by atoms with E-state index in [9.17, 15) is 4.79 Å². The summed E-state index contributed by atoms with van der Waals surface area (Å²) in [5, 5.41) is 0. The highest BCUT2D eigenvalue weighted by molar-refractivity contribution is 6.35. The van der Waals surface area contributed by atoms with Crippen LogP contribution in [-0.4, -0.2) is 29.7 Å². The van der Waals surface area contributed by atoms with Crippen molar-refractivity contribution in [1.29, 1.82) is 0 Å². The van der Waals surface area contributed by atoms with Crippen LogP contribution in [0.2, 0.25) is 0 Å². The molecule has 4 heteroatoms. The van der Waals surface area contributed by atoms with Crippen LogP contribution < -0.4 is 4.90 Å². The number of ether oxygens (including phenoxy) is 1. The van der Waals surface area contributed by atoms with E-state index in [1.54, 1.807) is 0 Å². The zero-order valence-electron chi connectivity index (χ0n) is 15.8. The Morgan fingerprint density at radius 1 is 1.27 bits per heavy atom. The van der Waals surface area contributed by atoms with Crippen LogP contribution >= 0.6 is 0 Å². The summed E-state index contributed by atoms with van der Waals surface area (Å²) in [5.74, 6) is 0.0950. The summed E-state index contributed by atoms with van der Waals surface area (Å²) >= 11 is 0. The molecule has 4 nitrogen and oxygen atoms in total. The normalized spacial score (nSPS) is 21.0. The van der Waals surface area contributed by atoms with Crippen molar-refractivity contribution in [3.05, 3.63) is 52.8 Å². The van der Waals surface area contributed by atoms with Crippen molar-refractivity contribution in [3.63, 3.8) is 0 Å². The maximum Gasteiger partial charge on any atom is 0.258 e. The Morgan fingerprint density at radius 2 is 2.08 bits per heavy atom. The maximum atomic E-state index is 12.9. The zero-order chi connectivity index (χ0) is 18.3. The lowest BCUT2D eigenvalue weighted by atomic mass is 10.0. The first kappa shape index (κ1) is 17.1. The molecule has 2 aromatic rings. The van der Waals surface area contributed by atoms with Gasteiger partial charge in [0.25, 0.3) is 5.91 Å². The van der Waals surface area contributed by atoms with Gasteiger partial charge in [-0.1, -0.05) is 18.2 Å². The van der Waals surface area contributed by atoms with Gasteiger partial charge in [0.1, 0.15) is 0 Å². The van der Waals surface area contributed by atoms with E-state index in [2.05, 4.69) is 30.6 Å². The fourth-order valence-corrected chi connectivity index (χ4v) is 4.16. The van der Waals surface area contributed by atoms with E-state index < -0.39 is 0 Å². The second-order valence-electron chi connectivity index (χ2n) is 7.20. The molecule has 0 aliphatic carbocycles. The lowest BCUT2D eigenvalue weighted by molar-refractivity contribution is -0.112. The topological polar surface area (TPSA) is 34.5 Å². The van der Waals surface area contributed by atoms with Gasteiger partial charge in [-0.2, -0.15) is 0 Å². The third-order valence-electron chi connectivity index (χ3n) is 5.60. The number of aromatic nitrogens is 1. The van der Waals surface area contributed by atoms with Crippen molar-refractivity contribution in [2.45, 2.75) is 46.3 Å². The molecule has 1 aromatic carbocycles. The number of carbonyl (C=O) groups excluding carboxylic acids is 1. The second kappa shape index (κ2) is 6.76. The molecule has 1 aromatic heterocycles. The molecule has 4 rings (SSSR count). The maximum absolute atomic E-state index is 12.9. The summed E-state index contributed by atoms with van der Waals surface area (Å²) < 4.78 is 8.13. The Kier molecular flexibility index (Phi) is 4.45. The van der Waals surface area contributed by atoms with Crippen molar-refractivity contribution in [1.82, 2.24) is 4.57 Å². The lowest BCUT2D eigenvalue weighted by Crippen LogP contribution is -2.25. The molecule has 2 aliphatic heterocycles. The first-order valence-corrected chi connectivity index (χ1v) is 9.51. The zero-order valence-corrected chi connectivity index (χ0v) is 15.8. The quantitative estimate of drug-likeness (QED) is 0.775. The number of fused-ring (bicyclic) bond motifs is 1. The van der Waals surface area contributed by atoms with Crippen LogP contribution in [0.1, 0.15) is 42.3 Å². The van der Waals surface area contributed by atoms with E-state index in [0.29, 0.717) is 12.6 Å². The smallest absolute Gasteiger partial charge is 0.258 e. The van der Waals surface area contributed by atoms with Crippen LogP contribution in [0.25, 0.3) is 11.6 Å². The predicted molar refractivity (Wildman–Crippen MR) is 105 cm³/mol. The first-order valence-electron chi connectivity index (χ1n) is 9.51. The summed E-state index contributed by atoms with van der Waals surface area (Å²) in [7, 11) is 0. The number of aryl methyl sites for hydroxylation is 1. The Balaban J connectivity index is 1.71. The van der Waals surface area contributed by atoms with Crippen LogP contribution in [0.3, 0.4) is 0 Å². The summed E-state index contributed by atoms with van der Waals surface area (Å²) in [6, 6.07) is 10.2. The van der Waals surface area contributed by atoms with Crippen LogP contribution in [0.5, 0.6) is 0 Å². The molecule has 0 bridgehead atoms. The fraction of sp³-hybridized carbons (Fsp3) is 0.409. The number of rotatable bonds is 4. The molecule has 0 radical (unpaired) electrons. The monoisotopic (exact) mass is 350 g/mol. The molecule has 1 amide bonds. The van der Waals surface area contributed by atoms with E-state index in [1.807, 2.05) is 36.1 Å². The van der Waals surface area contributed by atoms with Gasteiger partial charge in [-0.3, -0.25) is 4.79 Å². The number of anilines is 1. The Hall–Kier alpha value is -2.33. The molecular weight excluding hydrogens is 324 g/mol. The van der Waals surface area contributed by atoms with Crippen molar-refractivity contribution in [3.8, 4) is 0 Å². The summed E-state index contributed by atoms with van der Waals surface area (Å²) in [6.45, 7) is 8.74. The molecule has 3 heterocycles. The number of likely N-dealkylation sites (N-methyl/N-ethyl adjacent to an activating group) is 1. The molecule has 0 spiro atoms. The molecule has 0 saturated carbocycles. The average Bonchev–Trinajstić information content (AvgIpc) is 3.31. The molecule has 1 saturated heterocycles. The van der Waals surface area contributed by atoms with Gasteiger partial charge >= 0.3 is 0 Å². The van der Waals surface area contributed by atoms with Crippen LogP contribution in [0.4, 0.5) is 5.69 Å². The molecule has 0 unspecified atom stereocenters.